The Bertz CT molecular complexity index is 869. The molecule has 0 saturated carbocycles. The standard InChI is InChI=1S/C19H25N3O5S/c1-6-26-19(25)16-13(5)15(18(24)27-11(2)3)17(28-16)21-14(23)7-8-22-10-12(4)9-20-22/h9-11H,6-8H2,1-5H3,(H,21,23). The number of nitrogens with one attached hydrogen (secondary N) is 1. The van der Waals surface area contributed by atoms with E-state index in [2.05, 4.69) is 10.4 Å². The molecule has 0 aliphatic heterocycles. The van der Waals surface area contributed by atoms with E-state index < -0.39 is 11.9 Å². The molecule has 2 heterocycles. The number of aryl methyl sites for hydroxylation is 2. The summed E-state index contributed by atoms with van der Waals surface area (Å²) in [5, 5.41) is 7.15. The summed E-state index contributed by atoms with van der Waals surface area (Å²) in [4.78, 5) is 37.4. The summed E-state index contributed by atoms with van der Waals surface area (Å²) in [6, 6.07) is 0. The van der Waals surface area contributed by atoms with E-state index in [1.54, 1.807) is 38.6 Å². The molecule has 0 bridgehead atoms. The van der Waals surface area contributed by atoms with Gasteiger partial charge in [0.15, 0.2) is 0 Å². The number of thiophene rings is 1. The van der Waals surface area contributed by atoms with Crippen LogP contribution in [-0.4, -0.2) is 40.3 Å². The number of nitrogens with zero attached hydrogens (tertiary/aromatic N) is 2. The fraction of sp³-hybridized carbons (Fsp3) is 0.474. The Morgan fingerprint density at radius 3 is 2.54 bits per heavy atom. The monoisotopic (exact) mass is 407 g/mol. The first kappa shape index (κ1) is 21.6. The molecule has 0 aromatic carbocycles. The number of carbonyl (C=O) groups is 3. The van der Waals surface area contributed by atoms with Crippen molar-refractivity contribution in [2.45, 2.75) is 53.7 Å². The summed E-state index contributed by atoms with van der Waals surface area (Å²) in [6.45, 7) is 9.34. The Kier molecular flexibility index (Phi) is 7.33. The Balaban J connectivity index is 2.22. The minimum atomic E-state index is -0.586. The summed E-state index contributed by atoms with van der Waals surface area (Å²) in [5.41, 5.74) is 1.63. The van der Waals surface area contributed by atoms with Crippen LogP contribution in [0.5, 0.6) is 0 Å². The number of carbonyl (C=O) groups excluding carboxylic acids is 3. The van der Waals surface area contributed by atoms with Gasteiger partial charge in [-0.2, -0.15) is 5.10 Å². The number of anilines is 1. The summed E-state index contributed by atoms with van der Waals surface area (Å²) < 4.78 is 12.0. The van der Waals surface area contributed by atoms with Crippen LogP contribution in [0.1, 0.15) is 58.3 Å². The van der Waals surface area contributed by atoms with Gasteiger partial charge in [-0.3, -0.25) is 9.48 Å². The zero-order chi connectivity index (χ0) is 20.8. The van der Waals surface area contributed by atoms with Crippen LogP contribution in [0.4, 0.5) is 5.00 Å². The number of aromatic nitrogens is 2. The molecule has 0 unspecified atom stereocenters. The summed E-state index contributed by atoms with van der Waals surface area (Å²) >= 11 is 1.01. The third kappa shape index (κ3) is 5.41. The summed E-state index contributed by atoms with van der Waals surface area (Å²) in [5.74, 6) is -1.41. The van der Waals surface area contributed by atoms with Crippen molar-refractivity contribution < 1.29 is 23.9 Å². The third-order valence-electron chi connectivity index (χ3n) is 3.74. The highest BCUT2D eigenvalue weighted by Crippen LogP contribution is 2.34. The van der Waals surface area contributed by atoms with Gasteiger partial charge in [-0.25, -0.2) is 9.59 Å². The Morgan fingerprint density at radius 2 is 1.96 bits per heavy atom. The maximum absolute atomic E-state index is 12.5. The maximum atomic E-state index is 12.5. The van der Waals surface area contributed by atoms with Crippen LogP contribution in [0.15, 0.2) is 12.4 Å². The predicted octanol–water partition coefficient (Wildman–Crippen LogP) is 3.33. The largest absolute Gasteiger partial charge is 0.462 e. The molecule has 0 saturated heterocycles. The van der Waals surface area contributed by atoms with Gasteiger partial charge in [-0.15, -0.1) is 11.3 Å². The van der Waals surface area contributed by atoms with E-state index in [0.29, 0.717) is 12.1 Å². The molecular formula is C19H25N3O5S. The molecule has 9 heteroatoms. The minimum absolute atomic E-state index is 0.172. The Labute approximate surface area is 167 Å². The number of esters is 2. The second kappa shape index (κ2) is 9.50. The van der Waals surface area contributed by atoms with E-state index >= 15 is 0 Å². The zero-order valence-corrected chi connectivity index (χ0v) is 17.5. The van der Waals surface area contributed by atoms with Crippen LogP contribution >= 0.6 is 11.3 Å². The molecule has 152 valence electrons. The number of hydrogen-bond acceptors (Lipinski definition) is 7. The topological polar surface area (TPSA) is 99.5 Å². The van der Waals surface area contributed by atoms with Crippen LogP contribution in [0.2, 0.25) is 0 Å². The van der Waals surface area contributed by atoms with Gasteiger partial charge in [0.25, 0.3) is 0 Å². The maximum Gasteiger partial charge on any atom is 0.348 e. The lowest BCUT2D eigenvalue weighted by Gasteiger charge is -2.10. The van der Waals surface area contributed by atoms with Crippen LogP contribution in [0.25, 0.3) is 0 Å². The van der Waals surface area contributed by atoms with E-state index in [-0.39, 0.29) is 40.5 Å². The van der Waals surface area contributed by atoms with Gasteiger partial charge in [0.1, 0.15) is 9.88 Å². The highest BCUT2D eigenvalue weighted by molar-refractivity contribution is 7.18. The van der Waals surface area contributed by atoms with Gasteiger partial charge in [0.05, 0.1) is 24.5 Å². The van der Waals surface area contributed by atoms with Gasteiger partial charge >= 0.3 is 11.9 Å². The van der Waals surface area contributed by atoms with Crippen molar-refractivity contribution >= 4 is 34.2 Å². The highest BCUT2D eigenvalue weighted by atomic mass is 32.1. The molecule has 0 atom stereocenters. The van der Waals surface area contributed by atoms with Crippen molar-refractivity contribution in [3.05, 3.63) is 34.0 Å². The lowest BCUT2D eigenvalue weighted by Crippen LogP contribution is -2.18. The average molecular weight is 407 g/mol. The van der Waals surface area contributed by atoms with Crippen molar-refractivity contribution in [3.63, 3.8) is 0 Å². The van der Waals surface area contributed by atoms with Crippen molar-refractivity contribution in [2.24, 2.45) is 0 Å². The summed E-state index contributed by atoms with van der Waals surface area (Å²) in [7, 11) is 0. The zero-order valence-electron chi connectivity index (χ0n) is 16.7. The average Bonchev–Trinajstić information content (AvgIpc) is 3.16. The van der Waals surface area contributed by atoms with E-state index in [1.165, 1.54) is 0 Å². The molecule has 28 heavy (non-hydrogen) atoms. The van der Waals surface area contributed by atoms with Gasteiger partial charge in [0, 0.05) is 19.2 Å². The van der Waals surface area contributed by atoms with Crippen LogP contribution in [0.3, 0.4) is 0 Å². The molecular weight excluding hydrogens is 382 g/mol. The van der Waals surface area contributed by atoms with Gasteiger partial charge in [-0.1, -0.05) is 0 Å². The normalized spacial score (nSPS) is 10.8. The van der Waals surface area contributed by atoms with E-state index in [1.807, 2.05) is 13.1 Å². The minimum Gasteiger partial charge on any atom is -0.462 e. The van der Waals surface area contributed by atoms with Gasteiger partial charge in [0.2, 0.25) is 5.91 Å². The molecule has 1 N–H and O–H groups in total. The van der Waals surface area contributed by atoms with Crippen LogP contribution in [-0.2, 0) is 20.8 Å². The van der Waals surface area contributed by atoms with Crippen molar-refractivity contribution in [1.82, 2.24) is 9.78 Å². The van der Waals surface area contributed by atoms with Gasteiger partial charge in [-0.05, 0) is 45.7 Å². The molecule has 0 spiro atoms. The van der Waals surface area contributed by atoms with Crippen molar-refractivity contribution in [3.8, 4) is 0 Å². The number of amides is 1. The van der Waals surface area contributed by atoms with Crippen molar-refractivity contribution in [1.29, 1.82) is 0 Å². The molecule has 8 nitrogen and oxygen atoms in total. The molecule has 0 aliphatic rings. The van der Waals surface area contributed by atoms with E-state index in [0.717, 1.165) is 16.9 Å². The molecule has 1 amide bonds. The lowest BCUT2D eigenvalue weighted by atomic mass is 10.1. The Hall–Kier alpha value is -2.68. The molecule has 0 radical (unpaired) electrons. The van der Waals surface area contributed by atoms with Crippen LogP contribution < -0.4 is 5.32 Å². The van der Waals surface area contributed by atoms with Crippen LogP contribution in [0, 0.1) is 13.8 Å². The highest BCUT2D eigenvalue weighted by Gasteiger charge is 2.27. The first-order valence-corrected chi connectivity index (χ1v) is 9.85. The quantitative estimate of drug-likeness (QED) is 0.674. The SMILES string of the molecule is CCOC(=O)c1sc(NC(=O)CCn2cc(C)cn2)c(C(=O)OC(C)C)c1C. The fourth-order valence-corrected chi connectivity index (χ4v) is 3.61. The first-order valence-electron chi connectivity index (χ1n) is 9.03. The van der Waals surface area contributed by atoms with Gasteiger partial charge < -0.3 is 14.8 Å². The third-order valence-corrected chi connectivity index (χ3v) is 4.93. The van der Waals surface area contributed by atoms with Crippen molar-refractivity contribution in [2.75, 3.05) is 11.9 Å². The molecule has 2 aromatic rings. The summed E-state index contributed by atoms with van der Waals surface area (Å²) in [6.07, 6.45) is 3.40. The van der Waals surface area contributed by atoms with E-state index in [4.69, 9.17) is 9.47 Å². The Morgan fingerprint density at radius 1 is 1.25 bits per heavy atom. The van der Waals surface area contributed by atoms with E-state index in [9.17, 15) is 14.4 Å². The molecule has 0 aliphatic carbocycles. The second-order valence-electron chi connectivity index (χ2n) is 6.51. The number of hydrogen-bond donors (Lipinski definition) is 1. The lowest BCUT2D eigenvalue weighted by molar-refractivity contribution is -0.116. The smallest absolute Gasteiger partial charge is 0.348 e. The number of rotatable bonds is 8. The molecule has 0 fully saturated rings. The molecule has 2 rings (SSSR count). The second-order valence-corrected chi connectivity index (χ2v) is 7.53. The number of ether oxygens (including phenoxy) is 2. The first-order chi connectivity index (χ1) is 13.2. The fourth-order valence-electron chi connectivity index (χ4n) is 2.51. The molecule has 2 aromatic heterocycles. The predicted molar refractivity (Wildman–Crippen MR) is 106 cm³/mol.